The molecule has 0 saturated heterocycles. The molecule has 0 atom stereocenters. The van der Waals surface area contributed by atoms with Crippen molar-refractivity contribution < 1.29 is 19.1 Å². The van der Waals surface area contributed by atoms with Crippen molar-refractivity contribution in [3.8, 4) is 0 Å². The Labute approximate surface area is 253 Å². The van der Waals surface area contributed by atoms with Gasteiger partial charge < -0.3 is 19.7 Å². The number of alkyl carbamates (subject to hydrolysis) is 1. The highest BCUT2D eigenvalue weighted by Gasteiger charge is 2.23. The van der Waals surface area contributed by atoms with Crippen molar-refractivity contribution in [3.05, 3.63) is 59.1 Å². The molecule has 0 unspecified atom stereocenters. The third kappa shape index (κ3) is 9.97. The molecule has 0 spiro atoms. The Kier molecular flexibility index (Phi) is 11.4. The summed E-state index contributed by atoms with van der Waals surface area (Å²) in [6.07, 6.45) is 6.92. The molecule has 41 heavy (non-hydrogen) atoms. The number of nitrogens with one attached hydrogen (secondary N) is 1. The van der Waals surface area contributed by atoms with Crippen LogP contribution in [0.3, 0.4) is 0 Å². The Balaban J connectivity index is 1.14. The topological polar surface area (TPSA) is 71.1 Å². The molecule has 9 heteroatoms. The number of fused-ring (bicyclic) bond motifs is 2. The minimum Gasteiger partial charge on any atom is -0.464 e. The smallest absolute Gasteiger partial charge is 0.407 e. The first-order valence-corrected chi connectivity index (χ1v) is 15.7. The summed E-state index contributed by atoms with van der Waals surface area (Å²) < 4.78 is 10.6. The number of benzene rings is 2. The summed E-state index contributed by atoms with van der Waals surface area (Å²) in [5.41, 5.74) is 3.42. The lowest BCUT2D eigenvalue weighted by atomic mass is 10.1. The predicted octanol–water partition coefficient (Wildman–Crippen LogP) is 7.59. The van der Waals surface area contributed by atoms with Crippen molar-refractivity contribution in [2.24, 2.45) is 0 Å². The van der Waals surface area contributed by atoms with Crippen molar-refractivity contribution in [1.82, 2.24) is 10.2 Å². The van der Waals surface area contributed by atoms with Gasteiger partial charge in [0.25, 0.3) is 0 Å². The molecule has 0 fully saturated rings. The summed E-state index contributed by atoms with van der Waals surface area (Å²) in [5, 5.41) is 3.43. The molecule has 2 heterocycles. The van der Waals surface area contributed by atoms with Crippen LogP contribution in [0.4, 0.5) is 16.2 Å². The predicted molar refractivity (Wildman–Crippen MR) is 166 cm³/mol. The maximum atomic E-state index is 12.1. The molecule has 0 bridgehead atoms. The standard InChI is InChI=1S/C32H42ClN3O4S/c1-32(2,3)40-31(38)34-17-6-13-30(37)39-22-21-35-18-7-9-24(16-20-35)10-8-19-36-26-11-4-5-12-28(26)41-29-15-14-25(33)23-27(29)36/h4-5,9,11-12,14-15,23H,6-8,10,13,16-22H2,1-3H3,(H,34,38). The van der Waals surface area contributed by atoms with Gasteiger partial charge in [-0.3, -0.25) is 9.69 Å². The highest BCUT2D eigenvalue weighted by molar-refractivity contribution is 7.99. The van der Waals surface area contributed by atoms with Gasteiger partial charge in [-0.15, -0.1) is 0 Å². The van der Waals surface area contributed by atoms with Gasteiger partial charge in [-0.25, -0.2) is 4.79 Å². The van der Waals surface area contributed by atoms with E-state index in [0.717, 1.165) is 56.9 Å². The Bertz CT molecular complexity index is 1230. The van der Waals surface area contributed by atoms with E-state index in [4.69, 9.17) is 21.1 Å². The van der Waals surface area contributed by atoms with Crippen LogP contribution in [0, 0.1) is 0 Å². The minimum absolute atomic E-state index is 0.231. The number of carbonyl (C=O) groups excluding carboxylic acids is 2. The van der Waals surface area contributed by atoms with E-state index < -0.39 is 11.7 Å². The first-order valence-electron chi connectivity index (χ1n) is 14.5. The van der Waals surface area contributed by atoms with Crippen molar-refractivity contribution in [2.45, 2.75) is 74.7 Å². The first-order chi connectivity index (χ1) is 19.7. The van der Waals surface area contributed by atoms with Crippen LogP contribution in [0.1, 0.15) is 59.3 Å². The third-order valence-corrected chi connectivity index (χ3v) is 8.36. The molecule has 0 radical (unpaired) electrons. The number of esters is 1. The minimum atomic E-state index is -0.534. The number of carbonyl (C=O) groups is 2. The zero-order valence-corrected chi connectivity index (χ0v) is 26.0. The van der Waals surface area contributed by atoms with Gasteiger partial charge in [0, 0.05) is 54.0 Å². The van der Waals surface area contributed by atoms with Crippen molar-refractivity contribution >= 4 is 46.8 Å². The molecule has 0 saturated carbocycles. The van der Waals surface area contributed by atoms with Gasteiger partial charge in [0.15, 0.2) is 0 Å². The lowest BCUT2D eigenvalue weighted by Gasteiger charge is -2.33. The average Bonchev–Trinajstić information content (AvgIpc) is 3.15. The SMILES string of the molecule is CC(C)(C)OC(=O)NCCCC(=O)OCCN1CCC=C(CCCN2c3ccccc3Sc3ccc(Cl)cc32)CC1. The number of hydrogen-bond acceptors (Lipinski definition) is 7. The Morgan fingerprint density at radius 1 is 1.02 bits per heavy atom. The van der Waals surface area contributed by atoms with Crippen LogP contribution in [-0.4, -0.2) is 61.9 Å². The second-order valence-electron chi connectivity index (χ2n) is 11.4. The molecule has 2 aromatic carbocycles. The van der Waals surface area contributed by atoms with Crippen LogP contribution in [-0.2, 0) is 14.3 Å². The van der Waals surface area contributed by atoms with Gasteiger partial charge in [-0.1, -0.05) is 47.1 Å². The van der Waals surface area contributed by atoms with Crippen molar-refractivity contribution in [1.29, 1.82) is 0 Å². The number of nitrogens with zero attached hydrogens (tertiary/aromatic N) is 2. The lowest BCUT2D eigenvalue weighted by molar-refractivity contribution is -0.144. The third-order valence-electron chi connectivity index (χ3n) is 6.99. The van der Waals surface area contributed by atoms with E-state index in [9.17, 15) is 9.59 Å². The van der Waals surface area contributed by atoms with Crippen LogP contribution in [0.5, 0.6) is 0 Å². The van der Waals surface area contributed by atoms with Crippen molar-refractivity contribution in [2.75, 3.05) is 44.2 Å². The molecule has 0 aromatic heterocycles. The van der Waals surface area contributed by atoms with Crippen LogP contribution in [0.2, 0.25) is 5.02 Å². The molecular formula is C32H42ClN3O4S. The first kappa shape index (κ1) is 31.3. The van der Waals surface area contributed by atoms with E-state index in [1.807, 2.05) is 26.8 Å². The highest BCUT2D eigenvalue weighted by atomic mass is 35.5. The van der Waals surface area contributed by atoms with Gasteiger partial charge in [0.2, 0.25) is 0 Å². The van der Waals surface area contributed by atoms with Gasteiger partial charge in [-0.2, -0.15) is 0 Å². The molecular weight excluding hydrogens is 558 g/mol. The fraction of sp³-hybridized carbons (Fsp3) is 0.500. The summed E-state index contributed by atoms with van der Waals surface area (Å²) in [6, 6.07) is 14.8. The largest absolute Gasteiger partial charge is 0.464 e. The van der Waals surface area contributed by atoms with Crippen LogP contribution < -0.4 is 10.2 Å². The summed E-state index contributed by atoms with van der Waals surface area (Å²) in [5.74, 6) is -0.231. The van der Waals surface area contributed by atoms with Gasteiger partial charge in [0.05, 0.1) is 11.4 Å². The summed E-state index contributed by atoms with van der Waals surface area (Å²) in [4.78, 5) is 31.1. The molecule has 2 aliphatic rings. The van der Waals surface area contributed by atoms with E-state index >= 15 is 0 Å². The maximum Gasteiger partial charge on any atom is 0.407 e. The zero-order chi connectivity index (χ0) is 29.2. The molecule has 4 rings (SSSR count). The second kappa shape index (κ2) is 15.0. The van der Waals surface area contributed by atoms with Gasteiger partial charge >= 0.3 is 12.1 Å². The molecule has 0 aliphatic carbocycles. The van der Waals surface area contributed by atoms with Crippen LogP contribution >= 0.6 is 23.4 Å². The fourth-order valence-electron chi connectivity index (χ4n) is 5.02. The molecule has 222 valence electrons. The normalized spacial score (nSPS) is 15.3. The second-order valence-corrected chi connectivity index (χ2v) is 13.0. The van der Waals surface area contributed by atoms with E-state index in [0.29, 0.717) is 19.6 Å². The van der Waals surface area contributed by atoms with Gasteiger partial charge in [0.1, 0.15) is 12.2 Å². The number of anilines is 2. The number of halogens is 1. The fourth-order valence-corrected chi connectivity index (χ4v) is 6.27. The Hall–Kier alpha value is -2.68. The highest BCUT2D eigenvalue weighted by Crippen LogP contribution is 2.48. The van der Waals surface area contributed by atoms with E-state index in [2.05, 4.69) is 57.6 Å². The van der Waals surface area contributed by atoms with E-state index in [-0.39, 0.29) is 12.4 Å². The Morgan fingerprint density at radius 3 is 2.66 bits per heavy atom. The maximum absolute atomic E-state index is 12.1. The summed E-state index contributed by atoms with van der Waals surface area (Å²) >= 11 is 8.18. The number of ether oxygens (including phenoxy) is 2. The number of hydrogen-bond donors (Lipinski definition) is 1. The molecule has 1 amide bonds. The van der Waals surface area contributed by atoms with E-state index in [1.54, 1.807) is 11.8 Å². The Morgan fingerprint density at radius 2 is 1.83 bits per heavy atom. The quantitative estimate of drug-likeness (QED) is 0.162. The summed E-state index contributed by atoms with van der Waals surface area (Å²) in [6.45, 7) is 9.85. The number of para-hydroxylation sites is 1. The zero-order valence-electron chi connectivity index (χ0n) is 24.4. The molecule has 2 aromatic rings. The molecule has 2 aliphatic heterocycles. The van der Waals surface area contributed by atoms with E-state index in [1.165, 1.54) is 26.7 Å². The lowest BCUT2D eigenvalue weighted by Crippen LogP contribution is -2.33. The number of amides is 1. The van der Waals surface area contributed by atoms with Crippen LogP contribution in [0.25, 0.3) is 0 Å². The summed E-state index contributed by atoms with van der Waals surface area (Å²) in [7, 11) is 0. The number of rotatable bonds is 11. The monoisotopic (exact) mass is 599 g/mol. The van der Waals surface area contributed by atoms with Crippen LogP contribution in [0.15, 0.2) is 63.9 Å². The average molecular weight is 600 g/mol. The van der Waals surface area contributed by atoms with Crippen molar-refractivity contribution in [3.63, 3.8) is 0 Å². The molecule has 1 N–H and O–H groups in total. The molecule has 7 nitrogen and oxygen atoms in total. The van der Waals surface area contributed by atoms with Gasteiger partial charge in [-0.05, 0) is 83.2 Å².